The first-order chi connectivity index (χ1) is 6.83. The molecule has 1 aromatic rings. The number of nitrogens with zero attached hydrogens (tertiary/aromatic N) is 1. The third kappa shape index (κ3) is 2.58. The van der Waals surface area contributed by atoms with Gasteiger partial charge in [0.1, 0.15) is 0 Å². The molecule has 0 aromatic heterocycles. The number of hydrogen-bond acceptors (Lipinski definition) is 2. The first-order valence-corrected chi connectivity index (χ1v) is 5.15. The van der Waals surface area contributed by atoms with Crippen molar-refractivity contribution >= 4 is 29.3 Å². The molecule has 0 unspecified atom stereocenters. The molecule has 0 spiro atoms. The molecule has 2 nitrogen and oxygen atoms in total. The maximum Gasteiger partial charge on any atom is 0.235 e. The fourth-order valence-electron chi connectivity index (χ4n) is 1.25. The van der Waals surface area contributed by atoms with Crippen molar-refractivity contribution in [2.24, 2.45) is 4.99 Å². The van der Waals surface area contributed by atoms with Gasteiger partial charge >= 0.3 is 0 Å². The van der Waals surface area contributed by atoms with Gasteiger partial charge in [-0.05, 0) is 16.7 Å². The van der Waals surface area contributed by atoms with Gasteiger partial charge in [0.2, 0.25) is 6.08 Å². The van der Waals surface area contributed by atoms with E-state index in [2.05, 4.69) is 4.99 Å². The van der Waals surface area contributed by atoms with Crippen LogP contribution in [0.15, 0.2) is 23.2 Å². The summed E-state index contributed by atoms with van der Waals surface area (Å²) in [5.41, 5.74) is 2.88. The summed E-state index contributed by atoms with van der Waals surface area (Å²) in [7, 11) is 0. The lowest BCUT2D eigenvalue weighted by Crippen LogP contribution is -1.95. The molecule has 14 heavy (non-hydrogen) atoms. The molecule has 0 saturated carbocycles. The van der Waals surface area contributed by atoms with Crippen molar-refractivity contribution in [3.8, 4) is 0 Å². The van der Waals surface area contributed by atoms with Crippen LogP contribution in [0, 0.1) is 0 Å². The number of hydrogen-bond donors (Lipinski definition) is 0. The molecule has 1 aromatic carbocycles. The molecule has 0 atom stereocenters. The van der Waals surface area contributed by atoms with Gasteiger partial charge in [-0.1, -0.05) is 18.2 Å². The van der Waals surface area contributed by atoms with Crippen LogP contribution in [-0.2, 0) is 23.1 Å². The normalized spacial score (nSPS) is 9.57. The molecule has 74 valence electrons. The van der Waals surface area contributed by atoms with Crippen molar-refractivity contribution in [3.63, 3.8) is 0 Å². The van der Waals surface area contributed by atoms with Crippen LogP contribution in [0.3, 0.4) is 0 Å². The van der Waals surface area contributed by atoms with Gasteiger partial charge in [0.15, 0.2) is 0 Å². The molecular formula is C10H9Cl2NO. The predicted octanol–water partition coefficient (Wildman–Crippen LogP) is 3.00. The summed E-state index contributed by atoms with van der Waals surface area (Å²) < 4.78 is 0. The van der Waals surface area contributed by atoms with Gasteiger partial charge < -0.3 is 0 Å². The zero-order valence-electron chi connectivity index (χ0n) is 7.46. The Labute approximate surface area is 92.6 Å². The smallest absolute Gasteiger partial charge is 0.211 e. The molecule has 0 fully saturated rings. The highest BCUT2D eigenvalue weighted by Gasteiger charge is 2.05. The van der Waals surface area contributed by atoms with Crippen molar-refractivity contribution < 1.29 is 4.79 Å². The molecule has 0 aliphatic carbocycles. The number of carbonyl (C=O) groups excluding carboxylic acids is 1. The Morgan fingerprint density at radius 3 is 2.50 bits per heavy atom. The van der Waals surface area contributed by atoms with E-state index in [4.69, 9.17) is 23.2 Å². The van der Waals surface area contributed by atoms with E-state index < -0.39 is 0 Å². The summed E-state index contributed by atoms with van der Waals surface area (Å²) in [5, 5.41) is 0. The average molecular weight is 230 g/mol. The van der Waals surface area contributed by atoms with Crippen LogP contribution in [0.4, 0.5) is 0 Å². The molecular weight excluding hydrogens is 221 g/mol. The highest BCUT2D eigenvalue weighted by Crippen LogP contribution is 2.19. The summed E-state index contributed by atoms with van der Waals surface area (Å²) >= 11 is 11.5. The molecule has 0 N–H and O–H groups in total. The lowest BCUT2D eigenvalue weighted by atomic mass is 10.0. The van der Waals surface area contributed by atoms with Crippen LogP contribution >= 0.6 is 23.2 Å². The van der Waals surface area contributed by atoms with Gasteiger partial charge in [0.25, 0.3) is 0 Å². The summed E-state index contributed by atoms with van der Waals surface area (Å²) in [5.74, 6) is 0.799. The van der Waals surface area contributed by atoms with E-state index in [1.807, 2.05) is 18.2 Å². The van der Waals surface area contributed by atoms with E-state index in [1.54, 1.807) is 0 Å². The zero-order valence-corrected chi connectivity index (χ0v) is 8.98. The Balaban J connectivity index is 3.07. The molecule has 0 aliphatic rings. The lowest BCUT2D eigenvalue weighted by Gasteiger charge is -2.08. The maximum atomic E-state index is 9.98. The SMILES string of the molecule is O=C=NCc1cccc(CCl)c1CCl. The first kappa shape index (κ1) is 11.3. The summed E-state index contributed by atoms with van der Waals surface area (Å²) in [6.07, 6.45) is 1.50. The maximum absolute atomic E-state index is 9.98. The summed E-state index contributed by atoms with van der Waals surface area (Å²) in [6, 6.07) is 5.68. The highest BCUT2D eigenvalue weighted by atomic mass is 35.5. The molecule has 1 rings (SSSR count). The number of alkyl halides is 2. The second-order valence-electron chi connectivity index (χ2n) is 2.73. The Morgan fingerprint density at radius 2 is 1.93 bits per heavy atom. The topological polar surface area (TPSA) is 29.4 Å². The van der Waals surface area contributed by atoms with Crippen molar-refractivity contribution in [1.29, 1.82) is 0 Å². The predicted molar refractivity (Wildman–Crippen MR) is 57.4 cm³/mol. The fourth-order valence-corrected chi connectivity index (χ4v) is 1.84. The molecule has 0 radical (unpaired) electrons. The minimum Gasteiger partial charge on any atom is -0.211 e. The quantitative estimate of drug-likeness (QED) is 0.444. The second kappa shape index (κ2) is 5.82. The average Bonchev–Trinajstić information content (AvgIpc) is 2.25. The number of halogens is 2. The van der Waals surface area contributed by atoms with Crippen molar-refractivity contribution in [3.05, 3.63) is 34.9 Å². The second-order valence-corrected chi connectivity index (χ2v) is 3.26. The van der Waals surface area contributed by atoms with E-state index in [9.17, 15) is 4.79 Å². The van der Waals surface area contributed by atoms with Crippen LogP contribution in [0.1, 0.15) is 16.7 Å². The third-order valence-electron chi connectivity index (χ3n) is 1.96. The largest absolute Gasteiger partial charge is 0.235 e. The third-order valence-corrected chi connectivity index (χ3v) is 2.52. The number of isocyanates is 1. The van der Waals surface area contributed by atoms with E-state index in [-0.39, 0.29) is 0 Å². The lowest BCUT2D eigenvalue weighted by molar-refractivity contribution is 0.562. The van der Waals surface area contributed by atoms with E-state index in [0.717, 1.165) is 16.7 Å². The van der Waals surface area contributed by atoms with E-state index in [1.165, 1.54) is 6.08 Å². The van der Waals surface area contributed by atoms with E-state index in [0.29, 0.717) is 18.3 Å². The zero-order chi connectivity index (χ0) is 10.4. The van der Waals surface area contributed by atoms with Gasteiger partial charge in [0, 0.05) is 11.8 Å². The molecule has 4 heteroatoms. The Kier molecular flexibility index (Phi) is 4.68. The van der Waals surface area contributed by atoms with Crippen LogP contribution in [-0.4, -0.2) is 6.08 Å². The van der Waals surface area contributed by atoms with Gasteiger partial charge in [-0.3, -0.25) is 0 Å². The first-order valence-electron chi connectivity index (χ1n) is 4.08. The molecule has 0 aliphatic heterocycles. The molecule has 0 bridgehead atoms. The Morgan fingerprint density at radius 1 is 1.21 bits per heavy atom. The standard InChI is InChI=1S/C10H9Cl2NO/c11-4-8-2-1-3-9(6-13-7-14)10(8)5-12/h1-3H,4-6H2. The fraction of sp³-hybridized carbons (Fsp3) is 0.300. The Bertz CT molecular complexity index is 359. The minimum atomic E-state index is 0.316. The summed E-state index contributed by atoms with van der Waals surface area (Å²) in [4.78, 5) is 13.5. The molecule has 0 saturated heterocycles. The molecule has 0 amide bonds. The van der Waals surface area contributed by atoms with Crippen LogP contribution in [0.5, 0.6) is 0 Å². The van der Waals surface area contributed by atoms with Crippen LogP contribution in [0.2, 0.25) is 0 Å². The van der Waals surface area contributed by atoms with Crippen molar-refractivity contribution in [2.75, 3.05) is 0 Å². The molecule has 0 heterocycles. The van der Waals surface area contributed by atoms with Gasteiger partial charge in [0.05, 0.1) is 6.54 Å². The number of rotatable bonds is 4. The monoisotopic (exact) mass is 229 g/mol. The number of aliphatic imine (C=N–C) groups is 1. The Hall–Kier alpha value is -0.820. The van der Waals surface area contributed by atoms with Gasteiger partial charge in [-0.25, -0.2) is 9.79 Å². The van der Waals surface area contributed by atoms with Gasteiger partial charge in [-0.2, -0.15) is 0 Å². The van der Waals surface area contributed by atoms with Crippen LogP contribution < -0.4 is 0 Å². The van der Waals surface area contributed by atoms with Crippen molar-refractivity contribution in [2.45, 2.75) is 18.3 Å². The van der Waals surface area contributed by atoms with E-state index >= 15 is 0 Å². The minimum absolute atomic E-state index is 0.316. The van der Waals surface area contributed by atoms with Gasteiger partial charge in [-0.15, -0.1) is 23.2 Å². The summed E-state index contributed by atoms with van der Waals surface area (Å²) in [6.45, 7) is 0.316. The highest BCUT2D eigenvalue weighted by molar-refractivity contribution is 6.18. The van der Waals surface area contributed by atoms with Crippen molar-refractivity contribution in [1.82, 2.24) is 0 Å². The number of benzene rings is 1. The van der Waals surface area contributed by atoms with Crippen LogP contribution in [0.25, 0.3) is 0 Å².